The molecule has 2 heterocycles. The van der Waals surface area contributed by atoms with Crippen LogP contribution in [0.25, 0.3) is 0 Å². The third kappa shape index (κ3) is 8.57. The lowest BCUT2D eigenvalue weighted by atomic mass is 10.1. The van der Waals surface area contributed by atoms with Gasteiger partial charge in [0.2, 0.25) is 11.3 Å². The molecule has 0 saturated heterocycles. The molecule has 10 nitrogen and oxygen atoms in total. The molecular formula is C31H40N4O6. The molecule has 0 saturated carbocycles. The standard InChI is InChI=1S/C31H40N4O6/c1-4-23(2)40-19-15-10-8-6-5-7-9-14-18-26(36)35-22-33(3)31(39)27-29(41-21-24-16-12-11-13-17-24)28(37)25(30(32)38)20-34(27)35/h8,10-13,16-17,20H,2,4-7,9,14-15,18-19,21-22H2,1,3H3,(H2,32,38)/b10-8-. The lowest BCUT2D eigenvalue weighted by molar-refractivity contribution is -0.120. The second kappa shape index (κ2) is 15.4. The lowest BCUT2D eigenvalue weighted by Crippen LogP contribution is -2.55. The highest BCUT2D eigenvalue weighted by Gasteiger charge is 2.35. The van der Waals surface area contributed by atoms with Crippen LogP contribution in [0.15, 0.2) is 65.8 Å². The minimum atomic E-state index is -0.971. The molecule has 0 unspecified atom stereocenters. The maximum atomic E-state index is 13.3. The van der Waals surface area contributed by atoms with Crippen LogP contribution < -0.4 is 20.9 Å². The number of hydrogen-bond donors (Lipinski definition) is 1. The van der Waals surface area contributed by atoms with Gasteiger partial charge in [0.1, 0.15) is 18.8 Å². The van der Waals surface area contributed by atoms with Gasteiger partial charge in [-0.3, -0.25) is 19.2 Å². The van der Waals surface area contributed by atoms with Crippen LogP contribution in [0, 0.1) is 0 Å². The minimum absolute atomic E-state index is 0.00614. The highest BCUT2D eigenvalue weighted by Crippen LogP contribution is 2.23. The number of ether oxygens (including phenoxy) is 2. The SMILES string of the molecule is C=C(CC)OCC/C=C\CCCCCCC(=O)N1CN(C)C(=O)c2c(OCc3ccccc3)c(=O)c(C(N)=O)cn21. The van der Waals surface area contributed by atoms with Crippen molar-refractivity contribution in [3.63, 3.8) is 0 Å². The molecule has 0 atom stereocenters. The van der Waals surface area contributed by atoms with Gasteiger partial charge in [-0.25, -0.2) is 9.69 Å². The van der Waals surface area contributed by atoms with E-state index in [2.05, 4.69) is 18.7 Å². The van der Waals surface area contributed by atoms with E-state index in [-0.39, 0.29) is 42.6 Å². The van der Waals surface area contributed by atoms with Crippen LogP contribution in [-0.4, -0.2) is 47.6 Å². The fraction of sp³-hybridized carbons (Fsp3) is 0.419. The van der Waals surface area contributed by atoms with Gasteiger partial charge >= 0.3 is 0 Å². The van der Waals surface area contributed by atoms with Crippen molar-refractivity contribution < 1.29 is 23.9 Å². The third-order valence-electron chi connectivity index (χ3n) is 6.74. The minimum Gasteiger partial charge on any atom is -0.498 e. The summed E-state index contributed by atoms with van der Waals surface area (Å²) in [6.07, 6.45) is 11.8. The van der Waals surface area contributed by atoms with Crippen molar-refractivity contribution in [2.75, 3.05) is 25.3 Å². The number of carbonyl (C=O) groups is 3. The Morgan fingerprint density at radius 1 is 1.05 bits per heavy atom. The summed E-state index contributed by atoms with van der Waals surface area (Å²) < 4.78 is 12.5. The van der Waals surface area contributed by atoms with Crippen LogP contribution in [0.5, 0.6) is 5.75 Å². The average molecular weight is 565 g/mol. The number of fused-ring (bicyclic) bond motifs is 1. The number of pyridine rings is 1. The topological polar surface area (TPSA) is 124 Å². The Kier molecular flexibility index (Phi) is 11.8. The molecule has 0 spiro atoms. The number of nitrogens with two attached hydrogens (primary N) is 1. The summed E-state index contributed by atoms with van der Waals surface area (Å²) in [7, 11) is 1.54. The average Bonchev–Trinajstić information content (AvgIpc) is 2.96. The second-order valence-electron chi connectivity index (χ2n) is 9.92. The summed E-state index contributed by atoms with van der Waals surface area (Å²) in [5, 5.41) is 1.34. The Labute approximate surface area is 241 Å². The maximum absolute atomic E-state index is 13.3. The van der Waals surface area contributed by atoms with Crippen LogP contribution in [0.2, 0.25) is 0 Å². The molecule has 0 aliphatic carbocycles. The number of primary amides is 1. The van der Waals surface area contributed by atoms with Crippen molar-refractivity contribution in [1.29, 1.82) is 0 Å². The van der Waals surface area contributed by atoms with E-state index in [1.165, 1.54) is 14.6 Å². The van der Waals surface area contributed by atoms with Crippen molar-refractivity contribution in [2.45, 2.75) is 64.9 Å². The van der Waals surface area contributed by atoms with Gasteiger partial charge in [-0.1, -0.05) is 68.8 Å². The first-order chi connectivity index (χ1) is 19.7. The van der Waals surface area contributed by atoms with Gasteiger partial charge in [-0.05, 0) is 31.2 Å². The van der Waals surface area contributed by atoms with Gasteiger partial charge < -0.3 is 20.1 Å². The zero-order chi connectivity index (χ0) is 29.8. The van der Waals surface area contributed by atoms with Crippen molar-refractivity contribution in [3.8, 4) is 5.75 Å². The molecule has 220 valence electrons. The number of aromatic nitrogens is 1. The number of amides is 3. The Balaban J connectivity index is 1.63. The van der Waals surface area contributed by atoms with Crippen molar-refractivity contribution in [3.05, 3.63) is 88.1 Å². The fourth-order valence-corrected chi connectivity index (χ4v) is 4.35. The molecule has 1 aromatic carbocycles. The number of carbonyl (C=O) groups excluding carboxylic acids is 3. The molecule has 2 aromatic rings. The fourth-order valence-electron chi connectivity index (χ4n) is 4.35. The van der Waals surface area contributed by atoms with Gasteiger partial charge in [0, 0.05) is 26.1 Å². The summed E-state index contributed by atoms with van der Waals surface area (Å²) in [6, 6.07) is 9.10. The van der Waals surface area contributed by atoms with Crippen LogP contribution in [0.1, 0.15) is 84.7 Å². The summed E-state index contributed by atoms with van der Waals surface area (Å²) in [4.78, 5) is 53.0. The number of allylic oxidation sites excluding steroid dienone is 2. The van der Waals surface area contributed by atoms with E-state index in [1.807, 2.05) is 37.3 Å². The van der Waals surface area contributed by atoms with Crippen LogP contribution in [-0.2, 0) is 16.1 Å². The van der Waals surface area contributed by atoms with E-state index < -0.39 is 17.2 Å². The van der Waals surface area contributed by atoms with E-state index in [4.69, 9.17) is 15.2 Å². The molecule has 1 aliphatic rings. The molecule has 41 heavy (non-hydrogen) atoms. The number of unbranched alkanes of at least 4 members (excludes halogenated alkanes) is 4. The lowest BCUT2D eigenvalue weighted by Gasteiger charge is -2.37. The first-order valence-electron chi connectivity index (χ1n) is 14.0. The Morgan fingerprint density at radius 2 is 1.76 bits per heavy atom. The van der Waals surface area contributed by atoms with Gasteiger partial charge in [-0.2, -0.15) is 0 Å². The molecule has 3 rings (SSSR count). The second-order valence-corrected chi connectivity index (χ2v) is 9.92. The summed E-state index contributed by atoms with van der Waals surface area (Å²) in [5.41, 5.74) is 4.98. The monoisotopic (exact) mass is 564 g/mol. The van der Waals surface area contributed by atoms with Gasteiger partial charge in [0.25, 0.3) is 11.8 Å². The quantitative estimate of drug-likeness (QED) is 0.185. The number of benzene rings is 1. The Bertz CT molecular complexity index is 1320. The van der Waals surface area contributed by atoms with Gasteiger partial charge in [0.05, 0.1) is 12.4 Å². The number of nitrogens with zero attached hydrogens (tertiary/aromatic N) is 3. The zero-order valence-corrected chi connectivity index (χ0v) is 24.0. The summed E-state index contributed by atoms with van der Waals surface area (Å²) in [5.74, 6) is -1.22. The largest absolute Gasteiger partial charge is 0.498 e. The third-order valence-corrected chi connectivity index (χ3v) is 6.74. The van der Waals surface area contributed by atoms with E-state index in [0.717, 1.165) is 56.0 Å². The molecular weight excluding hydrogens is 524 g/mol. The first-order valence-corrected chi connectivity index (χ1v) is 14.0. The van der Waals surface area contributed by atoms with Gasteiger partial charge in [-0.15, -0.1) is 0 Å². The van der Waals surface area contributed by atoms with Crippen molar-refractivity contribution in [2.24, 2.45) is 5.73 Å². The first kappa shape index (κ1) is 31.2. The number of rotatable bonds is 16. The Hall–Kier alpha value is -4.34. The number of hydrogen-bond acceptors (Lipinski definition) is 6. The van der Waals surface area contributed by atoms with Crippen LogP contribution >= 0.6 is 0 Å². The van der Waals surface area contributed by atoms with E-state index >= 15 is 0 Å². The van der Waals surface area contributed by atoms with Crippen LogP contribution in [0.3, 0.4) is 0 Å². The molecule has 0 radical (unpaired) electrons. The highest BCUT2D eigenvalue weighted by atomic mass is 16.5. The maximum Gasteiger partial charge on any atom is 0.277 e. The smallest absolute Gasteiger partial charge is 0.277 e. The molecule has 10 heteroatoms. The molecule has 1 aromatic heterocycles. The summed E-state index contributed by atoms with van der Waals surface area (Å²) >= 11 is 0. The zero-order valence-electron chi connectivity index (χ0n) is 24.0. The summed E-state index contributed by atoms with van der Waals surface area (Å²) in [6.45, 7) is 6.42. The van der Waals surface area contributed by atoms with Crippen LogP contribution in [0.4, 0.5) is 0 Å². The normalized spacial score (nSPS) is 12.9. The molecule has 1 aliphatic heterocycles. The van der Waals surface area contributed by atoms with E-state index in [9.17, 15) is 19.2 Å². The van der Waals surface area contributed by atoms with Crippen molar-refractivity contribution in [1.82, 2.24) is 9.58 Å². The Morgan fingerprint density at radius 3 is 2.46 bits per heavy atom. The molecule has 3 amide bonds. The highest BCUT2D eigenvalue weighted by molar-refractivity contribution is 6.01. The van der Waals surface area contributed by atoms with E-state index in [1.54, 1.807) is 7.05 Å². The molecule has 0 fully saturated rings. The molecule has 0 bridgehead atoms. The predicted molar refractivity (Wildman–Crippen MR) is 157 cm³/mol. The molecule has 2 N–H and O–H groups in total. The predicted octanol–water partition coefficient (Wildman–Crippen LogP) is 4.26. The van der Waals surface area contributed by atoms with E-state index in [0.29, 0.717) is 13.0 Å². The van der Waals surface area contributed by atoms with Crippen molar-refractivity contribution >= 4 is 17.7 Å². The van der Waals surface area contributed by atoms with Gasteiger partial charge in [0.15, 0.2) is 11.4 Å².